The smallest absolute Gasteiger partial charge is 0.0593 e. The third-order valence-electron chi connectivity index (χ3n) is 1.35. The predicted octanol–water partition coefficient (Wildman–Crippen LogP) is 1.39. The minimum Gasteiger partial charge on any atom is -0.240 e. The first kappa shape index (κ1) is 4.61. The van der Waals surface area contributed by atoms with Crippen LogP contribution in [0.25, 0.3) is 0 Å². The van der Waals surface area contributed by atoms with Crippen LogP contribution in [0.15, 0.2) is 11.6 Å². The van der Waals surface area contributed by atoms with Gasteiger partial charge in [0.2, 0.25) is 0 Å². The average Bonchev–Trinajstić information content (AvgIpc) is 1.55. The van der Waals surface area contributed by atoms with E-state index in [0.717, 1.165) is 0 Å². The van der Waals surface area contributed by atoms with E-state index in [4.69, 9.17) is 0 Å². The number of hydrogen-bond acceptors (Lipinski definition) is 1. The summed E-state index contributed by atoms with van der Waals surface area (Å²) >= 11 is 0. The Bertz CT molecular complexity index is 96.7. The summed E-state index contributed by atoms with van der Waals surface area (Å²) in [6, 6.07) is 0.581. The lowest BCUT2D eigenvalue weighted by Crippen LogP contribution is -2.13. The van der Waals surface area contributed by atoms with Gasteiger partial charge in [-0.25, -0.2) is 4.99 Å². The molecule has 0 amide bonds. The van der Waals surface area contributed by atoms with E-state index in [1.165, 1.54) is 19.3 Å². The lowest BCUT2D eigenvalue weighted by atomic mass is 9.94. The summed E-state index contributed by atoms with van der Waals surface area (Å²) in [6.07, 6.45) is 3.85. The quantitative estimate of drug-likeness (QED) is 0.436. The third-order valence-corrected chi connectivity index (χ3v) is 1.35. The Hall–Kier alpha value is -0.550. The van der Waals surface area contributed by atoms with Crippen LogP contribution in [-0.2, 0) is 0 Å². The number of hydrogen-bond donors (Lipinski definition) is 0. The summed E-state index contributed by atoms with van der Waals surface area (Å²) < 4.78 is 0. The minimum absolute atomic E-state index is 0.581. The molecule has 1 aliphatic rings. The molecule has 0 aromatic carbocycles. The van der Waals surface area contributed by atoms with Gasteiger partial charge in [0.1, 0.15) is 0 Å². The van der Waals surface area contributed by atoms with E-state index < -0.39 is 0 Å². The van der Waals surface area contributed by atoms with E-state index in [1.54, 1.807) is 0 Å². The van der Waals surface area contributed by atoms with Crippen molar-refractivity contribution in [2.24, 2.45) is 4.99 Å². The fourth-order valence-electron chi connectivity index (χ4n) is 0.645. The normalized spacial score (nSPS) is 20.0. The molecule has 38 valence electrons. The Balaban J connectivity index is 2.27. The van der Waals surface area contributed by atoms with Gasteiger partial charge in [0.15, 0.2) is 0 Å². The van der Waals surface area contributed by atoms with Crippen molar-refractivity contribution in [3.8, 4) is 0 Å². The summed E-state index contributed by atoms with van der Waals surface area (Å²) in [5, 5.41) is 0. The maximum atomic E-state index is 3.97. The summed E-state index contributed by atoms with van der Waals surface area (Å²) in [5.41, 5.74) is 0. The van der Waals surface area contributed by atoms with Crippen molar-refractivity contribution in [1.82, 2.24) is 0 Å². The zero-order valence-corrected chi connectivity index (χ0v) is 4.35. The van der Waals surface area contributed by atoms with Gasteiger partial charge in [-0.3, -0.25) is 0 Å². The molecule has 1 aliphatic carbocycles. The lowest BCUT2D eigenvalue weighted by Gasteiger charge is -2.18. The second-order valence-corrected chi connectivity index (χ2v) is 1.87. The molecule has 0 aromatic rings. The molecule has 0 bridgehead atoms. The molecular formula is C6H9N. The molecule has 0 radical (unpaired) electrons. The van der Waals surface area contributed by atoms with Crippen LogP contribution in [0.3, 0.4) is 0 Å². The highest BCUT2D eigenvalue weighted by molar-refractivity contribution is 5.46. The molecule has 1 heteroatoms. The zero-order chi connectivity index (χ0) is 5.11. The number of nitrogens with zero attached hydrogens (tertiary/aromatic N) is 1. The topological polar surface area (TPSA) is 12.4 Å². The molecule has 0 aliphatic heterocycles. The predicted molar refractivity (Wildman–Crippen MR) is 30.7 cm³/mol. The van der Waals surface area contributed by atoms with Crippen molar-refractivity contribution in [3.63, 3.8) is 0 Å². The molecule has 0 N–H and O–H groups in total. The van der Waals surface area contributed by atoms with E-state index in [-0.39, 0.29) is 0 Å². The van der Waals surface area contributed by atoms with E-state index >= 15 is 0 Å². The third kappa shape index (κ3) is 0.908. The molecular weight excluding hydrogens is 86.1 g/mol. The Morgan fingerprint density at radius 2 is 2.29 bits per heavy atom. The second-order valence-electron chi connectivity index (χ2n) is 1.87. The Kier molecular flexibility index (Phi) is 1.28. The Morgan fingerprint density at radius 3 is 2.43 bits per heavy atom. The van der Waals surface area contributed by atoms with Crippen LogP contribution in [0.2, 0.25) is 0 Å². The number of aliphatic imine (C=N–C) groups is 1. The van der Waals surface area contributed by atoms with Crippen LogP contribution in [-0.4, -0.2) is 11.9 Å². The molecule has 1 saturated carbocycles. The standard InChI is InChI=1S/C6H9N/c1-2-7-6-4-3-5-6/h6H,1,3-5H2. The lowest BCUT2D eigenvalue weighted by molar-refractivity contribution is 0.422. The summed E-state index contributed by atoms with van der Waals surface area (Å²) in [4.78, 5) is 3.97. The van der Waals surface area contributed by atoms with E-state index in [9.17, 15) is 0 Å². The molecule has 0 unspecified atom stereocenters. The van der Waals surface area contributed by atoms with Crippen molar-refractivity contribution in [3.05, 3.63) is 6.58 Å². The maximum absolute atomic E-state index is 3.97. The Morgan fingerprint density at radius 1 is 1.57 bits per heavy atom. The zero-order valence-electron chi connectivity index (χ0n) is 4.35. The summed E-state index contributed by atoms with van der Waals surface area (Å²) in [7, 11) is 0. The van der Waals surface area contributed by atoms with Crippen LogP contribution in [0.5, 0.6) is 0 Å². The first-order chi connectivity index (χ1) is 3.43. The van der Waals surface area contributed by atoms with Gasteiger partial charge in [-0.1, -0.05) is 0 Å². The first-order valence-electron chi connectivity index (χ1n) is 2.65. The van der Waals surface area contributed by atoms with Crippen molar-refractivity contribution in [2.45, 2.75) is 25.3 Å². The van der Waals surface area contributed by atoms with Gasteiger partial charge >= 0.3 is 0 Å². The van der Waals surface area contributed by atoms with Crippen LogP contribution in [0.4, 0.5) is 0 Å². The van der Waals surface area contributed by atoms with Crippen LogP contribution >= 0.6 is 0 Å². The molecule has 0 saturated heterocycles. The van der Waals surface area contributed by atoms with Gasteiger partial charge in [0.05, 0.1) is 6.04 Å². The van der Waals surface area contributed by atoms with Gasteiger partial charge in [0.25, 0.3) is 0 Å². The van der Waals surface area contributed by atoms with Crippen LogP contribution in [0, 0.1) is 0 Å². The van der Waals surface area contributed by atoms with Gasteiger partial charge in [-0.2, -0.15) is 0 Å². The Labute approximate surface area is 43.8 Å². The highest BCUT2D eigenvalue weighted by atomic mass is 14.8. The molecule has 0 aromatic heterocycles. The average molecular weight is 95.1 g/mol. The van der Waals surface area contributed by atoms with Crippen LogP contribution < -0.4 is 0 Å². The molecule has 1 fully saturated rings. The highest BCUT2D eigenvalue weighted by Crippen LogP contribution is 2.20. The van der Waals surface area contributed by atoms with Crippen molar-refractivity contribution >= 4 is 5.87 Å². The van der Waals surface area contributed by atoms with Gasteiger partial charge in [0, 0.05) is 0 Å². The highest BCUT2D eigenvalue weighted by Gasteiger charge is 2.14. The molecule has 0 heterocycles. The monoisotopic (exact) mass is 95.1 g/mol. The van der Waals surface area contributed by atoms with Gasteiger partial charge < -0.3 is 0 Å². The van der Waals surface area contributed by atoms with Crippen molar-refractivity contribution in [2.75, 3.05) is 0 Å². The SMILES string of the molecule is C=C=NC1CCC1. The first-order valence-corrected chi connectivity index (χ1v) is 2.65. The van der Waals surface area contributed by atoms with Crippen molar-refractivity contribution in [1.29, 1.82) is 0 Å². The molecule has 0 atom stereocenters. The van der Waals surface area contributed by atoms with Crippen LogP contribution in [0.1, 0.15) is 19.3 Å². The molecule has 0 spiro atoms. The summed E-state index contributed by atoms with van der Waals surface area (Å²) in [6.45, 7) is 3.39. The summed E-state index contributed by atoms with van der Waals surface area (Å²) in [5.74, 6) is 2.54. The molecule has 1 rings (SSSR count). The molecule has 1 nitrogen and oxygen atoms in total. The molecule has 7 heavy (non-hydrogen) atoms. The van der Waals surface area contributed by atoms with Gasteiger partial charge in [-0.15, -0.1) is 0 Å². The van der Waals surface area contributed by atoms with E-state index in [0.29, 0.717) is 6.04 Å². The van der Waals surface area contributed by atoms with Crippen molar-refractivity contribution < 1.29 is 0 Å². The largest absolute Gasteiger partial charge is 0.240 e. The second kappa shape index (κ2) is 1.94. The van der Waals surface area contributed by atoms with E-state index in [2.05, 4.69) is 17.4 Å². The minimum atomic E-state index is 0.581. The van der Waals surface area contributed by atoms with Gasteiger partial charge in [-0.05, 0) is 31.7 Å². The fourth-order valence-corrected chi connectivity index (χ4v) is 0.645. The number of rotatable bonds is 1. The fraction of sp³-hybridized carbons (Fsp3) is 0.667. The van der Waals surface area contributed by atoms with E-state index in [1.807, 2.05) is 0 Å². The maximum Gasteiger partial charge on any atom is 0.0593 e.